The third kappa shape index (κ3) is 3.69. The van der Waals surface area contributed by atoms with Crippen LogP contribution >= 0.6 is 34.3 Å². The molecule has 0 radical (unpaired) electrons. The van der Waals surface area contributed by atoms with Crippen LogP contribution in [0.25, 0.3) is 10.2 Å². The number of benzene rings is 1. The molecule has 0 fully saturated rings. The Morgan fingerprint density at radius 1 is 1.26 bits per heavy atom. The zero-order valence-corrected chi connectivity index (χ0v) is 14.3. The van der Waals surface area contributed by atoms with Gasteiger partial charge in [0.2, 0.25) is 5.91 Å². The number of carbonyl (C=O) groups excluding carboxylic acids is 2. The Morgan fingerprint density at radius 2 is 2.09 bits per heavy atom. The number of ether oxygens (including phenoxy) is 1. The number of hydrogen-bond donors (Lipinski definition) is 1. The first kappa shape index (κ1) is 15.9. The number of thiazole rings is 1. The van der Waals surface area contributed by atoms with Gasteiger partial charge in [0, 0.05) is 4.88 Å². The zero-order chi connectivity index (χ0) is 16.4. The monoisotopic (exact) mass is 366 g/mol. The zero-order valence-electron chi connectivity index (χ0n) is 12.0. The molecule has 3 rings (SSSR count). The van der Waals surface area contributed by atoms with Crippen LogP contribution in [0, 0.1) is 0 Å². The molecule has 1 aromatic carbocycles. The number of amides is 1. The van der Waals surface area contributed by atoms with Gasteiger partial charge in [0.15, 0.2) is 5.13 Å². The lowest BCUT2D eigenvalue weighted by atomic mass is 10.2. The Kier molecular flexibility index (Phi) is 4.61. The Morgan fingerprint density at radius 3 is 2.78 bits per heavy atom. The van der Waals surface area contributed by atoms with E-state index in [1.807, 2.05) is 6.07 Å². The van der Waals surface area contributed by atoms with Gasteiger partial charge in [-0.2, -0.15) is 0 Å². The van der Waals surface area contributed by atoms with Gasteiger partial charge >= 0.3 is 5.97 Å². The summed E-state index contributed by atoms with van der Waals surface area (Å²) in [5.74, 6) is -0.559. The molecular formula is C15H11ClN2O3S2. The predicted octanol–water partition coefficient (Wildman–Crippen LogP) is 3.98. The minimum atomic E-state index is -0.402. The van der Waals surface area contributed by atoms with Crippen LogP contribution in [-0.2, 0) is 16.0 Å². The van der Waals surface area contributed by atoms with Gasteiger partial charge in [-0.15, -0.1) is 11.3 Å². The molecule has 0 saturated heterocycles. The molecule has 2 aromatic heterocycles. The Hall–Kier alpha value is -1.96. The van der Waals surface area contributed by atoms with Crippen molar-refractivity contribution in [3.63, 3.8) is 0 Å². The molecular weight excluding hydrogens is 356 g/mol. The summed E-state index contributed by atoms with van der Waals surface area (Å²) in [7, 11) is 1.34. The van der Waals surface area contributed by atoms with E-state index in [0.29, 0.717) is 15.0 Å². The van der Waals surface area contributed by atoms with Gasteiger partial charge in [0.05, 0.1) is 33.6 Å². The first-order chi connectivity index (χ1) is 11.0. The summed E-state index contributed by atoms with van der Waals surface area (Å²) in [6.07, 6.45) is 0.251. The van der Waals surface area contributed by atoms with Crippen LogP contribution in [0.2, 0.25) is 4.34 Å². The van der Waals surface area contributed by atoms with E-state index < -0.39 is 5.97 Å². The van der Waals surface area contributed by atoms with Gasteiger partial charge in [0.25, 0.3) is 0 Å². The number of nitrogens with zero attached hydrogens (tertiary/aromatic N) is 1. The van der Waals surface area contributed by atoms with Crippen molar-refractivity contribution >= 4 is 61.5 Å². The Balaban J connectivity index is 1.75. The number of anilines is 1. The van der Waals surface area contributed by atoms with Crippen LogP contribution in [0.1, 0.15) is 15.2 Å². The van der Waals surface area contributed by atoms with Crippen LogP contribution in [0.3, 0.4) is 0 Å². The maximum Gasteiger partial charge on any atom is 0.337 e. The average molecular weight is 367 g/mol. The van der Waals surface area contributed by atoms with Gasteiger partial charge in [-0.25, -0.2) is 9.78 Å². The van der Waals surface area contributed by atoms with Crippen LogP contribution in [0.4, 0.5) is 5.13 Å². The third-order valence-electron chi connectivity index (χ3n) is 3.02. The predicted molar refractivity (Wildman–Crippen MR) is 92.6 cm³/mol. The first-order valence-corrected chi connectivity index (χ1v) is 8.59. The first-order valence-electron chi connectivity index (χ1n) is 6.58. The van der Waals surface area contributed by atoms with Crippen molar-refractivity contribution in [3.05, 3.63) is 45.1 Å². The van der Waals surface area contributed by atoms with Gasteiger partial charge in [0.1, 0.15) is 0 Å². The van der Waals surface area contributed by atoms with Gasteiger partial charge < -0.3 is 10.1 Å². The lowest BCUT2D eigenvalue weighted by Crippen LogP contribution is -2.13. The number of esters is 1. The van der Waals surface area contributed by atoms with E-state index in [1.165, 1.54) is 29.8 Å². The number of nitrogens with one attached hydrogen (secondary N) is 1. The Labute approximate surface area is 144 Å². The summed E-state index contributed by atoms with van der Waals surface area (Å²) in [6, 6.07) is 8.67. The molecule has 8 heteroatoms. The van der Waals surface area contributed by atoms with Crippen molar-refractivity contribution in [2.24, 2.45) is 0 Å². The van der Waals surface area contributed by atoms with Crippen molar-refractivity contribution in [2.75, 3.05) is 12.4 Å². The number of thiophene rings is 1. The molecule has 0 aliphatic rings. The second kappa shape index (κ2) is 6.66. The lowest BCUT2D eigenvalue weighted by Gasteiger charge is -1.98. The second-order valence-corrected chi connectivity index (χ2v) is 7.45. The van der Waals surface area contributed by atoms with Gasteiger partial charge in [-0.1, -0.05) is 22.9 Å². The molecule has 1 N–H and O–H groups in total. The molecule has 3 aromatic rings. The molecule has 118 valence electrons. The molecule has 0 unspecified atom stereocenters. The van der Waals surface area contributed by atoms with E-state index in [0.717, 1.165) is 15.1 Å². The molecule has 1 amide bonds. The summed E-state index contributed by atoms with van der Waals surface area (Å²) < 4.78 is 6.15. The summed E-state index contributed by atoms with van der Waals surface area (Å²) in [5.41, 5.74) is 1.17. The van der Waals surface area contributed by atoms with E-state index in [-0.39, 0.29) is 12.3 Å². The SMILES string of the molecule is COC(=O)c1ccc2nc(NC(=O)Cc3ccc(Cl)s3)sc2c1. The maximum atomic E-state index is 12.0. The summed E-state index contributed by atoms with van der Waals surface area (Å²) in [5, 5.41) is 3.26. The molecule has 0 saturated carbocycles. The van der Waals surface area contributed by atoms with E-state index in [1.54, 1.807) is 24.3 Å². The van der Waals surface area contributed by atoms with Crippen LogP contribution < -0.4 is 5.32 Å². The lowest BCUT2D eigenvalue weighted by molar-refractivity contribution is -0.115. The number of fused-ring (bicyclic) bond motifs is 1. The minimum Gasteiger partial charge on any atom is -0.465 e. The number of carbonyl (C=O) groups is 2. The standard InChI is InChI=1S/C15H11ClN2O3S2/c1-21-14(20)8-2-4-10-11(6-8)23-15(17-10)18-13(19)7-9-3-5-12(16)22-9/h2-6H,7H2,1H3,(H,17,18,19). The highest BCUT2D eigenvalue weighted by Gasteiger charge is 2.12. The molecule has 23 heavy (non-hydrogen) atoms. The summed E-state index contributed by atoms with van der Waals surface area (Å²) >= 11 is 8.53. The summed E-state index contributed by atoms with van der Waals surface area (Å²) in [6.45, 7) is 0. The molecule has 0 spiro atoms. The van der Waals surface area contributed by atoms with Crippen LogP contribution in [0.5, 0.6) is 0 Å². The topological polar surface area (TPSA) is 68.3 Å². The van der Waals surface area contributed by atoms with Crippen molar-refractivity contribution in [3.8, 4) is 0 Å². The van der Waals surface area contributed by atoms with Crippen molar-refractivity contribution in [1.29, 1.82) is 0 Å². The van der Waals surface area contributed by atoms with Crippen LogP contribution in [0.15, 0.2) is 30.3 Å². The van der Waals surface area contributed by atoms with Crippen LogP contribution in [-0.4, -0.2) is 24.0 Å². The fraction of sp³-hybridized carbons (Fsp3) is 0.133. The summed E-state index contributed by atoms with van der Waals surface area (Å²) in [4.78, 5) is 28.8. The highest BCUT2D eigenvalue weighted by Crippen LogP contribution is 2.27. The van der Waals surface area contributed by atoms with Gasteiger partial charge in [-0.05, 0) is 30.3 Å². The number of methoxy groups -OCH3 is 1. The second-order valence-electron chi connectivity index (χ2n) is 4.62. The number of rotatable bonds is 4. The molecule has 0 atom stereocenters. The highest BCUT2D eigenvalue weighted by molar-refractivity contribution is 7.22. The minimum absolute atomic E-state index is 0.157. The highest BCUT2D eigenvalue weighted by atomic mass is 35.5. The fourth-order valence-corrected chi connectivity index (χ4v) is 4.00. The van der Waals surface area contributed by atoms with Gasteiger partial charge in [-0.3, -0.25) is 4.79 Å². The number of aromatic nitrogens is 1. The van der Waals surface area contributed by atoms with E-state index in [9.17, 15) is 9.59 Å². The molecule has 0 aliphatic carbocycles. The quantitative estimate of drug-likeness (QED) is 0.709. The van der Waals surface area contributed by atoms with Crippen molar-refractivity contribution in [2.45, 2.75) is 6.42 Å². The molecule has 0 aliphatic heterocycles. The smallest absolute Gasteiger partial charge is 0.337 e. The van der Waals surface area contributed by atoms with Crippen molar-refractivity contribution < 1.29 is 14.3 Å². The average Bonchev–Trinajstić information content (AvgIpc) is 3.10. The Bertz CT molecular complexity index is 888. The fourth-order valence-electron chi connectivity index (χ4n) is 1.99. The maximum absolute atomic E-state index is 12.0. The largest absolute Gasteiger partial charge is 0.465 e. The molecule has 5 nitrogen and oxygen atoms in total. The third-order valence-corrected chi connectivity index (χ3v) is 5.18. The van der Waals surface area contributed by atoms with E-state index >= 15 is 0 Å². The normalized spacial score (nSPS) is 10.7. The number of hydrogen-bond acceptors (Lipinski definition) is 6. The van der Waals surface area contributed by atoms with Crippen molar-refractivity contribution in [1.82, 2.24) is 4.98 Å². The molecule has 0 bridgehead atoms. The molecule has 2 heterocycles. The number of halogens is 1. The van der Waals surface area contributed by atoms with E-state index in [4.69, 9.17) is 16.3 Å². The van der Waals surface area contributed by atoms with E-state index in [2.05, 4.69) is 10.3 Å².